The van der Waals surface area contributed by atoms with Crippen molar-refractivity contribution < 1.29 is 28.6 Å². The number of rotatable bonds is 14. The highest BCUT2D eigenvalue weighted by molar-refractivity contribution is 5.66. The van der Waals surface area contributed by atoms with Crippen LogP contribution in [0.4, 0.5) is 0 Å². The number of hydrogen-bond donors (Lipinski definition) is 1. The second kappa shape index (κ2) is 12.9. The first kappa shape index (κ1) is 25.5. The Bertz CT molecular complexity index is 986. The Hall–Kier alpha value is -3.14. The lowest BCUT2D eigenvalue weighted by atomic mass is 10.1. The number of benzene rings is 2. The molecule has 9 nitrogen and oxygen atoms in total. The molecule has 1 N–H and O–H groups in total. The largest absolute Gasteiger partial charge is 0.493 e. The third kappa shape index (κ3) is 6.93. The van der Waals surface area contributed by atoms with Gasteiger partial charge in [0.1, 0.15) is 0 Å². The zero-order chi connectivity index (χ0) is 24.3. The van der Waals surface area contributed by atoms with Crippen molar-refractivity contribution in [2.75, 3.05) is 47.6 Å². The molecule has 0 radical (unpaired) electrons. The van der Waals surface area contributed by atoms with Gasteiger partial charge in [0.15, 0.2) is 11.5 Å². The molecule has 1 atom stereocenters. The van der Waals surface area contributed by atoms with E-state index in [0.717, 1.165) is 5.56 Å². The summed E-state index contributed by atoms with van der Waals surface area (Å²) in [5, 5.41) is 14.5. The minimum atomic E-state index is -0.582. The average molecular weight is 472 g/mol. The standard InChI is InChI=1S/C25H33N3O6/c1-5-33-17-20(29)16-28(15-18-9-7-6-8-10-18)12-11-23-26-25(27-34-23)19-13-21(30-2)24(32-4)22(14-19)31-3/h6-10,13-14,20,29H,5,11-12,15-17H2,1-4H3/t20-/m0/s1. The van der Waals surface area contributed by atoms with Crippen LogP contribution in [0, 0.1) is 0 Å². The molecular formula is C25H33N3O6. The fourth-order valence-electron chi connectivity index (χ4n) is 3.62. The van der Waals surface area contributed by atoms with Crippen LogP contribution in [0.5, 0.6) is 17.2 Å². The number of aromatic nitrogens is 2. The highest BCUT2D eigenvalue weighted by Crippen LogP contribution is 2.40. The van der Waals surface area contributed by atoms with E-state index in [4.69, 9.17) is 23.5 Å². The maximum Gasteiger partial charge on any atom is 0.228 e. The van der Waals surface area contributed by atoms with E-state index >= 15 is 0 Å². The molecule has 1 heterocycles. The molecule has 0 aliphatic carbocycles. The third-order valence-electron chi connectivity index (χ3n) is 5.27. The van der Waals surface area contributed by atoms with Gasteiger partial charge in [0, 0.05) is 38.2 Å². The van der Waals surface area contributed by atoms with Crippen LogP contribution in [0.25, 0.3) is 11.4 Å². The predicted octanol–water partition coefficient (Wildman–Crippen LogP) is 3.20. The molecule has 1 aromatic heterocycles. The minimum Gasteiger partial charge on any atom is -0.493 e. The highest BCUT2D eigenvalue weighted by atomic mass is 16.5. The average Bonchev–Trinajstić information content (AvgIpc) is 3.34. The third-order valence-corrected chi connectivity index (χ3v) is 5.27. The van der Waals surface area contributed by atoms with Gasteiger partial charge in [-0.2, -0.15) is 4.98 Å². The second-order valence-corrected chi connectivity index (χ2v) is 7.71. The van der Waals surface area contributed by atoms with Gasteiger partial charge < -0.3 is 28.6 Å². The van der Waals surface area contributed by atoms with E-state index in [1.165, 1.54) is 0 Å². The normalized spacial score (nSPS) is 12.1. The lowest BCUT2D eigenvalue weighted by molar-refractivity contribution is 0.0194. The summed E-state index contributed by atoms with van der Waals surface area (Å²) in [6, 6.07) is 13.7. The first-order chi connectivity index (χ1) is 16.6. The summed E-state index contributed by atoms with van der Waals surface area (Å²) in [6.45, 7) is 4.58. The van der Waals surface area contributed by atoms with Crippen molar-refractivity contribution >= 4 is 0 Å². The summed E-state index contributed by atoms with van der Waals surface area (Å²) in [5.41, 5.74) is 1.85. The molecular weight excluding hydrogens is 438 g/mol. The van der Waals surface area contributed by atoms with E-state index < -0.39 is 6.10 Å². The Morgan fingerprint density at radius 3 is 2.35 bits per heavy atom. The lowest BCUT2D eigenvalue weighted by Gasteiger charge is -2.24. The minimum absolute atomic E-state index is 0.299. The Kier molecular flexibility index (Phi) is 9.69. The predicted molar refractivity (Wildman–Crippen MR) is 127 cm³/mol. The van der Waals surface area contributed by atoms with Gasteiger partial charge in [0.2, 0.25) is 17.5 Å². The lowest BCUT2D eigenvalue weighted by Crippen LogP contribution is -2.36. The second-order valence-electron chi connectivity index (χ2n) is 7.71. The van der Waals surface area contributed by atoms with Crippen LogP contribution in [0.1, 0.15) is 18.4 Å². The van der Waals surface area contributed by atoms with Crippen molar-refractivity contribution in [3.63, 3.8) is 0 Å². The summed E-state index contributed by atoms with van der Waals surface area (Å²) >= 11 is 0. The molecule has 0 aliphatic rings. The monoisotopic (exact) mass is 471 g/mol. The first-order valence-corrected chi connectivity index (χ1v) is 11.2. The number of ether oxygens (including phenoxy) is 4. The Morgan fingerprint density at radius 2 is 1.74 bits per heavy atom. The SMILES string of the molecule is CCOC[C@@H](O)CN(CCc1nc(-c2cc(OC)c(OC)c(OC)c2)no1)Cc1ccccc1. The summed E-state index contributed by atoms with van der Waals surface area (Å²) in [6.07, 6.45) is -0.0489. The number of nitrogens with zero attached hydrogens (tertiary/aromatic N) is 3. The van der Waals surface area contributed by atoms with Gasteiger partial charge in [-0.3, -0.25) is 4.90 Å². The van der Waals surface area contributed by atoms with E-state index in [9.17, 15) is 5.11 Å². The molecule has 0 aliphatic heterocycles. The van der Waals surface area contributed by atoms with Crippen molar-refractivity contribution in [3.05, 3.63) is 53.9 Å². The van der Waals surface area contributed by atoms with Gasteiger partial charge in [0.05, 0.1) is 34.0 Å². The van der Waals surface area contributed by atoms with Crippen LogP contribution in [-0.4, -0.2) is 73.9 Å². The van der Waals surface area contributed by atoms with Gasteiger partial charge in [-0.15, -0.1) is 0 Å². The van der Waals surface area contributed by atoms with Crippen LogP contribution in [-0.2, 0) is 17.7 Å². The Balaban J connectivity index is 1.71. The van der Waals surface area contributed by atoms with Crippen LogP contribution >= 0.6 is 0 Å². The zero-order valence-corrected chi connectivity index (χ0v) is 20.2. The van der Waals surface area contributed by atoms with Gasteiger partial charge >= 0.3 is 0 Å². The van der Waals surface area contributed by atoms with Gasteiger partial charge in [-0.25, -0.2) is 0 Å². The van der Waals surface area contributed by atoms with E-state index in [1.807, 2.05) is 25.1 Å². The maximum absolute atomic E-state index is 10.4. The summed E-state index contributed by atoms with van der Waals surface area (Å²) in [5.74, 6) is 2.46. The maximum atomic E-state index is 10.4. The molecule has 0 saturated heterocycles. The topological polar surface area (TPSA) is 99.3 Å². The van der Waals surface area contributed by atoms with Crippen molar-refractivity contribution in [1.82, 2.24) is 15.0 Å². The van der Waals surface area contributed by atoms with Gasteiger partial charge in [-0.05, 0) is 24.6 Å². The number of hydrogen-bond acceptors (Lipinski definition) is 9. The van der Waals surface area contributed by atoms with E-state index in [0.29, 0.717) is 73.8 Å². The fraction of sp³-hybridized carbons (Fsp3) is 0.440. The number of aliphatic hydroxyl groups is 1. The van der Waals surface area contributed by atoms with Crippen LogP contribution < -0.4 is 14.2 Å². The van der Waals surface area contributed by atoms with Crippen molar-refractivity contribution in [1.29, 1.82) is 0 Å². The van der Waals surface area contributed by atoms with Crippen LogP contribution in [0.3, 0.4) is 0 Å². The molecule has 9 heteroatoms. The van der Waals surface area contributed by atoms with E-state index in [1.54, 1.807) is 33.5 Å². The molecule has 184 valence electrons. The molecule has 3 aromatic rings. The number of methoxy groups -OCH3 is 3. The molecule has 0 saturated carbocycles. The fourth-order valence-corrected chi connectivity index (χ4v) is 3.62. The molecule has 3 rings (SSSR count). The van der Waals surface area contributed by atoms with E-state index in [-0.39, 0.29) is 0 Å². The molecule has 0 unspecified atom stereocenters. The van der Waals surface area contributed by atoms with Crippen LogP contribution in [0.15, 0.2) is 47.0 Å². The van der Waals surface area contributed by atoms with E-state index in [2.05, 4.69) is 27.2 Å². The van der Waals surface area contributed by atoms with Gasteiger partial charge in [-0.1, -0.05) is 35.5 Å². The van der Waals surface area contributed by atoms with Crippen molar-refractivity contribution in [2.45, 2.75) is 26.0 Å². The smallest absolute Gasteiger partial charge is 0.228 e. The molecule has 0 amide bonds. The summed E-state index contributed by atoms with van der Waals surface area (Å²) in [7, 11) is 4.67. The molecule has 0 fully saturated rings. The highest BCUT2D eigenvalue weighted by Gasteiger charge is 2.18. The van der Waals surface area contributed by atoms with Crippen LogP contribution in [0.2, 0.25) is 0 Å². The summed E-state index contributed by atoms with van der Waals surface area (Å²) in [4.78, 5) is 6.71. The molecule has 34 heavy (non-hydrogen) atoms. The molecule has 2 aromatic carbocycles. The first-order valence-electron chi connectivity index (χ1n) is 11.2. The van der Waals surface area contributed by atoms with Crippen molar-refractivity contribution in [3.8, 4) is 28.6 Å². The summed E-state index contributed by atoms with van der Waals surface area (Å²) < 4.78 is 27.1. The van der Waals surface area contributed by atoms with Gasteiger partial charge in [0.25, 0.3) is 0 Å². The molecule has 0 spiro atoms. The Morgan fingerprint density at radius 1 is 1.03 bits per heavy atom. The zero-order valence-electron chi connectivity index (χ0n) is 20.2. The van der Waals surface area contributed by atoms with Crippen molar-refractivity contribution in [2.24, 2.45) is 0 Å². The Labute approximate surface area is 200 Å². The number of aliphatic hydroxyl groups excluding tert-OH is 1. The molecule has 0 bridgehead atoms. The quantitative estimate of drug-likeness (QED) is 0.380.